The van der Waals surface area contributed by atoms with Crippen molar-refractivity contribution in [3.63, 3.8) is 0 Å². The molecule has 0 saturated carbocycles. The van der Waals surface area contributed by atoms with E-state index in [2.05, 4.69) is 69.5 Å². The number of nitrogens with zero attached hydrogens (tertiary/aromatic N) is 4. The highest BCUT2D eigenvalue weighted by atomic mass is 32.2. The lowest BCUT2D eigenvalue weighted by Gasteiger charge is -2.28. The number of methoxy groups -OCH3 is 1. The van der Waals surface area contributed by atoms with Gasteiger partial charge in [0.2, 0.25) is 5.91 Å². The fourth-order valence-electron chi connectivity index (χ4n) is 5.82. The molecule has 6 rings (SSSR count). The van der Waals surface area contributed by atoms with Gasteiger partial charge in [-0.2, -0.15) is 0 Å². The van der Waals surface area contributed by atoms with Crippen molar-refractivity contribution in [2.75, 3.05) is 20.7 Å². The van der Waals surface area contributed by atoms with Gasteiger partial charge in [-0.25, -0.2) is 9.97 Å². The van der Waals surface area contributed by atoms with E-state index in [1.165, 1.54) is 20.5 Å². The molecule has 2 aromatic heterocycles. The van der Waals surface area contributed by atoms with Gasteiger partial charge in [-0.1, -0.05) is 60.3 Å². The number of hydrogen-bond acceptors (Lipinski definition) is 7. The molecule has 3 heterocycles. The number of carbonyl (C=O) groups is 1. The van der Waals surface area contributed by atoms with Gasteiger partial charge in [-0.05, 0) is 60.9 Å². The summed E-state index contributed by atoms with van der Waals surface area (Å²) in [7, 11) is 3.64. The van der Waals surface area contributed by atoms with Crippen molar-refractivity contribution in [2.24, 2.45) is 0 Å². The van der Waals surface area contributed by atoms with Crippen LogP contribution in [0.5, 0.6) is 5.75 Å². The Morgan fingerprint density at radius 2 is 1.76 bits per heavy atom. The zero-order valence-electron chi connectivity index (χ0n) is 23.8. The average molecular weight is 583 g/mol. The van der Waals surface area contributed by atoms with E-state index in [1.54, 1.807) is 30.2 Å². The molecule has 1 amide bonds. The molecule has 2 atom stereocenters. The summed E-state index contributed by atoms with van der Waals surface area (Å²) in [5.41, 5.74) is 3.13. The summed E-state index contributed by atoms with van der Waals surface area (Å²) >= 11 is 3.45. The Morgan fingerprint density at radius 1 is 1.02 bits per heavy atom. The number of thioether (sulfide) groups is 1. The molecule has 0 radical (unpaired) electrons. The lowest BCUT2D eigenvalue weighted by molar-refractivity contribution is -0.135. The molecule has 5 aromatic rings. The van der Waals surface area contributed by atoms with Crippen molar-refractivity contribution in [1.29, 1.82) is 0 Å². The number of likely N-dealkylation sites (tertiary alicyclic amines) is 1. The Balaban J connectivity index is 1.27. The van der Waals surface area contributed by atoms with Crippen molar-refractivity contribution in [3.05, 3.63) is 94.6 Å². The third kappa shape index (κ3) is 5.96. The molecule has 0 N–H and O–H groups in total. The van der Waals surface area contributed by atoms with Gasteiger partial charge in [0.25, 0.3) is 0 Å². The molecular weight excluding hydrogens is 549 g/mol. The molecule has 8 heteroatoms. The van der Waals surface area contributed by atoms with Crippen LogP contribution in [0.1, 0.15) is 28.2 Å². The highest BCUT2D eigenvalue weighted by Crippen LogP contribution is 2.36. The van der Waals surface area contributed by atoms with Gasteiger partial charge < -0.3 is 9.64 Å². The van der Waals surface area contributed by atoms with Crippen molar-refractivity contribution >= 4 is 49.9 Å². The molecule has 0 bridgehead atoms. The monoisotopic (exact) mass is 582 g/mol. The number of aromatic nitrogens is 2. The Hall–Kier alpha value is -3.46. The standard InChI is InChI=1S/C33H34N4O2S2/c1-21-15-22(2)35-33(34-21)41-26-17-29(32(38)36(3)19-25-16-23-9-5-8-12-31(23)40-25)37(20-26)18-24-13-14-30(39-4)28-11-7-6-10-27(24)28/h5-16,26,29H,17-20H2,1-4H3/t26-,29-/m0/s1. The Bertz CT molecular complexity index is 1670. The minimum absolute atomic E-state index is 0.157. The van der Waals surface area contributed by atoms with E-state index in [9.17, 15) is 4.79 Å². The minimum atomic E-state index is -0.223. The lowest BCUT2D eigenvalue weighted by Crippen LogP contribution is -2.43. The third-order valence-electron chi connectivity index (χ3n) is 7.70. The number of carbonyl (C=O) groups excluding carboxylic acids is 1. The van der Waals surface area contributed by atoms with Crippen LogP contribution in [0.25, 0.3) is 20.9 Å². The number of likely N-dealkylation sites (N-methyl/N-ethyl adjacent to an activating group) is 1. The van der Waals surface area contributed by atoms with Gasteiger partial charge in [-0.15, -0.1) is 11.3 Å². The average Bonchev–Trinajstić information content (AvgIpc) is 3.55. The number of amides is 1. The maximum atomic E-state index is 14.1. The van der Waals surface area contributed by atoms with Crippen molar-refractivity contribution in [2.45, 2.75) is 49.8 Å². The molecule has 1 saturated heterocycles. The van der Waals surface area contributed by atoms with Gasteiger partial charge in [0, 0.05) is 51.7 Å². The second kappa shape index (κ2) is 11.8. The van der Waals surface area contributed by atoms with E-state index in [-0.39, 0.29) is 17.2 Å². The topological polar surface area (TPSA) is 58.6 Å². The molecule has 1 aliphatic rings. The van der Waals surface area contributed by atoms with Gasteiger partial charge in [0.1, 0.15) is 5.75 Å². The molecule has 0 aliphatic carbocycles. The van der Waals surface area contributed by atoms with E-state index in [0.717, 1.165) is 46.0 Å². The molecule has 1 aliphatic heterocycles. The third-order valence-corrected chi connectivity index (χ3v) is 9.87. The summed E-state index contributed by atoms with van der Waals surface area (Å²) in [6, 6.07) is 24.9. The first kappa shape index (κ1) is 27.7. The van der Waals surface area contributed by atoms with Crippen LogP contribution < -0.4 is 4.74 Å². The molecule has 6 nitrogen and oxygen atoms in total. The number of rotatable bonds is 8. The summed E-state index contributed by atoms with van der Waals surface area (Å²) in [5, 5.41) is 4.48. The number of hydrogen-bond donors (Lipinski definition) is 0. The molecule has 1 fully saturated rings. The predicted molar refractivity (Wildman–Crippen MR) is 169 cm³/mol. The van der Waals surface area contributed by atoms with Gasteiger partial charge >= 0.3 is 0 Å². The Morgan fingerprint density at radius 3 is 2.51 bits per heavy atom. The highest BCUT2D eigenvalue weighted by Gasteiger charge is 2.39. The maximum absolute atomic E-state index is 14.1. The zero-order valence-corrected chi connectivity index (χ0v) is 25.5. The molecule has 210 valence electrons. The van der Waals surface area contributed by atoms with E-state index < -0.39 is 0 Å². The molecular formula is C33H34N4O2S2. The highest BCUT2D eigenvalue weighted by molar-refractivity contribution is 7.99. The second-order valence-electron chi connectivity index (χ2n) is 10.8. The van der Waals surface area contributed by atoms with Crippen LogP contribution in [-0.4, -0.2) is 57.7 Å². The SMILES string of the molecule is COc1ccc(CN2C[C@@H](Sc3nc(C)cc(C)n3)C[C@H]2C(=O)N(C)Cc2cc3ccccc3s2)c2ccccc12. The second-order valence-corrected chi connectivity index (χ2v) is 13.2. The summed E-state index contributed by atoms with van der Waals surface area (Å²) in [5.74, 6) is 1.02. The van der Waals surface area contributed by atoms with E-state index >= 15 is 0 Å². The van der Waals surface area contributed by atoms with Crippen molar-refractivity contribution in [1.82, 2.24) is 19.8 Å². The normalized spacial score (nSPS) is 17.4. The minimum Gasteiger partial charge on any atom is -0.496 e. The molecule has 0 unspecified atom stereocenters. The first-order valence-electron chi connectivity index (χ1n) is 13.9. The van der Waals surface area contributed by atoms with E-state index in [0.29, 0.717) is 13.1 Å². The van der Waals surface area contributed by atoms with E-state index in [1.807, 2.05) is 44.0 Å². The van der Waals surface area contributed by atoms with Crippen LogP contribution in [0.3, 0.4) is 0 Å². The quantitative estimate of drug-likeness (QED) is 0.186. The zero-order chi connectivity index (χ0) is 28.5. The molecule has 0 spiro atoms. The van der Waals surface area contributed by atoms with Gasteiger partial charge in [0.05, 0.1) is 19.7 Å². The van der Waals surface area contributed by atoms with Gasteiger partial charge in [-0.3, -0.25) is 9.69 Å². The smallest absolute Gasteiger partial charge is 0.240 e. The Kier molecular flexibility index (Phi) is 7.97. The number of ether oxygens (including phenoxy) is 1. The fourth-order valence-corrected chi connectivity index (χ4v) is 8.18. The lowest BCUT2D eigenvalue weighted by atomic mass is 10.0. The maximum Gasteiger partial charge on any atom is 0.240 e. The number of thiophene rings is 1. The van der Waals surface area contributed by atoms with Gasteiger partial charge in [0.15, 0.2) is 5.16 Å². The number of fused-ring (bicyclic) bond motifs is 2. The Labute approximate surface area is 249 Å². The summed E-state index contributed by atoms with van der Waals surface area (Å²) in [6.07, 6.45) is 0.755. The summed E-state index contributed by atoms with van der Waals surface area (Å²) in [4.78, 5) is 28.9. The predicted octanol–water partition coefficient (Wildman–Crippen LogP) is 6.86. The van der Waals surface area contributed by atoms with E-state index in [4.69, 9.17) is 4.74 Å². The fraction of sp³-hybridized carbons (Fsp3) is 0.303. The van der Waals surface area contributed by atoms with Crippen LogP contribution in [-0.2, 0) is 17.9 Å². The van der Waals surface area contributed by atoms with Crippen LogP contribution in [0, 0.1) is 13.8 Å². The largest absolute Gasteiger partial charge is 0.496 e. The van der Waals surface area contributed by atoms with Crippen molar-refractivity contribution in [3.8, 4) is 5.75 Å². The van der Waals surface area contributed by atoms with Crippen LogP contribution in [0.2, 0.25) is 0 Å². The van der Waals surface area contributed by atoms with Crippen LogP contribution in [0.15, 0.2) is 78.0 Å². The number of benzene rings is 3. The first-order valence-corrected chi connectivity index (χ1v) is 15.6. The molecule has 41 heavy (non-hydrogen) atoms. The summed E-state index contributed by atoms with van der Waals surface area (Å²) in [6.45, 7) is 6.08. The number of aryl methyl sites for hydroxylation is 2. The van der Waals surface area contributed by atoms with Crippen LogP contribution >= 0.6 is 23.1 Å². The summed E-state index contributed by atoms with van der Waals surface area (Å²) < 4.78 is 6.89. The first-order chi connectivity index (χ1) is 19.9. The van der Waals surface area contributed by atoms with Crippen molar-refractivity contribution < 1.29 is 9.53 Å². The molecule has 3 aromatic carbocycles. The van der Waals surface area contributed by atoms with Crippen LogP contribution in [0.4, 0.5) is 0 Å².